The maximum atomic E-state index is 12.5. The number of carbonyl (C=O) groups excluding carboxylic acids is 1. The summed E-state index contributed by atoms with van der Waals surface area (Å²) < 4.78 is 0. The average Bonchev–Trinajstić information content (AvgIpc) is 2.58. The fourth-order valence-electron chi connectivity index (χ4n) is 3.17. The van der Waals surface area contributed by atoms with Gasteiger partial charge in [0.2, 0.25) is 0 Å². The second-order valence-corrected chi connectivity index (χ2v) is 6.57. The van der Waals surface area contributed by atoms with Crippen molar-refractivity contribution in [1.82, 2.24) is 4.90 Å². The number of nitrogens with zero attached hydrogens (tertiary/aromatic N) is 2. The summed E-state index contributed by atoms with van der Waals surface area (Å²) in [7, 11) is 0. The summed E-state index contributed by atoms with van der Waals surface area (Å²) in [5, 5.41) is 3.03. The molecule has 1 atom stereocenters. The molecule has 1 N–H and O–H groups in total. The van der Waals surface area contributed by atoms with Crippen LogP contribution in [0.5, 0.6) is 0 Å². The van der Waals surface area contributed by atoms with Crippen molar-refractivity contribution in [1.29, 1.82) is 0 Å². The van der Waals surface area contributed by atoms with Gasteiger partial charge in [0.05, 0.1) is 0 Å². The van der Waals surface area contributed by atoms with Crippen LogP contribution in [0.3, 0.4) is 0 Å². The van der Waals surface area contributed by atoms with Crippen molar-refractivity contribution >= 4 is 17.4 Å². The lowest BCUT2D eigenvalue weighted by atomic mass is 10.1. The van der Waals surface area contributed by atoms with E-state index in [1.165, 1.54) is 11.3 Å². The lowest BCUT2D eigenvalue weighted by Crippen LogP contribution is -2.54. The Balaban J connectivity index is 1.63. The minimum absolute atomic E-state index is 0.0142. The zero-order chi connectivity index (χ0) is 17.1. The first-order chi connectivity index (χ1) is 11.5. The van der Waals surface area contributed by atoms with Crippen LogP contribution >= 0.6 is 0 Å². The molecule has 3 rings (SSSR count). The van der Waals surface area contributed by atoms with Gasteiger partial charge in [-0.05, 0) is 44.5 Å². The quantitative estimate of drug-likeness (QED) is 0.905. The predicted molar refractivity (Wildman–Crippen MR) is 99.8 cm³/mol. The van der Waals surface area contributed by atoms with Gasteiger partial charge in [-0.25, -0.2) is 4.79 Å². The molecule has 126 valence electrons. The molecule has 0 saturated carbocycles. The number of hydrogen-bond donors (Lipinski definition) is 1. The highest BCUT2D eigenvalue weighted by atomic mass is 16.2. The monoisotopic (exact) mass is 323 g/mol. The molecule has 4 nitrogen and oxygen atoms in total. The molecular formula is C20H25N3O. The number of hydrogen-bond acceptors (Lipinski definition) is 2. The molecule has 1 fully saturated rings. The highest BCUT2D eigenvalue weighted by molar-refractivity contribution is 5.90. The van der Waals surface area contributed by atoms with Gasteiger partial charge in [0.1, 0.15) is 0 Å². The van der Waals surface area contributed by atoms with Gasteiger partial charge in [0.15, 0.2) is 0 Å². The SMILES string of the molecule is Cc1ccc(N2CCN(C(=O)Nc3ccccc3C)CC2C)cc1. The largest absolute Gasteiger partial charge is 0.365 e. The van der Waals surface area contributed by atoms with Gasteiger partial charge in [-0.2, -0.15) is 0 Å². The van der Waals surface area contributed by atoms with Crippen LogP contribution in [0.15, 0.2) is 48.5 Å². The van der Waals surface area contributed by atoms with Crippen molar-refractivity contribution in [2.45, 2.75) is 26.8 Å². The molecule has 24 heavy (non-hydrogen) atoms. The third-order valence-corrected chi connectivity index (χ3v) is 4.67. The lowest BCUT2D eigenvalue weighted by molar-refractivity contribution is 0.200. The Labute approximate surface area is 144 Å². The molecular weight excluding hydrogens is 298 g/mol. The standard InChI is InChI=1S/C20H25N3O/c1-15-8-10-18(11-9-15)23-13-12-22(14-17(23)3)20(24)21-19-7-5-4-6-16(19)2/h4-11,17H,12-14H2,1-3H3,(H,21,24). The Hall–Kier alpha value is -2.49. The molecule has 0 bridgehead atoms. The van der Waals surface area contributed by atoms with Crippen molar-refractivity contribution in [3.63, 3.8) is 0 Å². The summed E-state index contributed by atoms with van der Waals surface area (Å²) in [6.45, 7) is 8.59. The van der Waals surface area contributed by atoms with Gasteiger partial charge in [-0.3, -0.25) is 0 Å². The minimum atomic E-state index is -0.0142. The van der Waals surface area contributed by atoms with E-state index in [4.69, 9.17) is 0 Å². The fourth-order valence-corrected chi connectivity index (χ4v) is 3.17. The third-order valence-electron chi connectivity index (χ3n) is 4.67. The molecule has 2 amide bonds. The van der Waals surface area contributed by atoms with E-state index in [9.17, 15) is 4.79 Å². The van der Waals surface area contributed by atoms with Gasteiger partial charge in [-0.1, -0.05) is 35.9 Å². The van der Waals surface area contributed by atoms with Gasteiger partial charge < -0.3 is 15.1 Å². The average molecular weight is 323 g/mol. The molecule has 2 aromatic carbocycles. The molecule has 4 heteroatoms. The van der Waals surface area contributed by atoms with Gasteiger partial charge in [0, 0.05) is 37.1 Å². The van der Waals surface area contributed by atoms with Crippen LogP contribution in [-0.4, -0.2) is 36.6 Å². The molecule has 0 aliphatic carbocycles. The van der Waals surface area contributed by atoms with Gasteiger partial charge in [0.25, 0.3) is 0 Å². The van der Waals surface area contributed by atoms with Crippen LogP contribution in [0.1, 0.15) is 18.1 Å². The maximum Gasteiger partial charge on any atom is 0.321 e. The molecule has 1 unspecified atom stereocenters. The molecule has 1 aliphatic rings. The summed E-state index contributed by atoms with van der Waals surface area (Å²) in [6, 6.07) is 16.8. The van der Waals surface area contributed by atoms with Crippen LogP contribution in [0.4, 0.5) is 16.2 Å². The molecule has 2 aromatic rings. The zero-order valence-corrected chi connectivity index (χ0v) is 14.6. The van der Waals surface area contributed by atoms with Crippen LogP contribution in [0, 0.1) is 13.8 Å². The molecule has 1 aliphatic heterocycles. The molecule has 0 aromatic heterocycles. The predicted octanol–water partition coefficient (Wildman–Crippen LogP) is 4.05. The Morgan fingerprint density at radius 1 is 1.04 bits per heavy atom. The van der Waals surface area contributed by atoms with Crippen molar-refractivity contribution in [2.24, 2.45) is 0 Å². The highest BCUT2D eigenvalue weighted by Gasteiger charge is 2.27. The number of urea groups is 1. The van der Waals surface area contributed by atoms with E-state index < -0.39 is 0 Å². The van der Waals surface area contributed by atoms with Crippen molar-refractivity contribution in [2.75, 3.05) is 29.9 Å². The number of anilines is 2. The third kappa shape index (κ3) is 3.53. The Morgan fingerprint density at radius 2 is 1.75 bits per heavy atom. The van der Waals surface area contributed by atoms with E-state index in [2.05, 4.69) is 48.3 Å². The molecule has 0 radical (unpaired) electrons. The normalized spacial score (nSPS) is 17.7. The van der Waals surface area contributed by atoms with Gasteiger partial charge >= 0.3 is 6.03 Å². The van der Waals surface area contributed by atoms with E-state index in [-0.39, 0.29) is 6.03 Å². The number of rotatable bonds is 2. The smallest absolute Gasteiger partial charge is 0.321 e. The number of aryl methyl sites for hydroxylation is 2. The number of nitrogens with one attached hydrogen (secondary N) is 1. The van der Waals surface area contributed by atoms with Crippen LogP contribution < -0.4 is 10.2 Å². The first-order valence-electron chi connectivity index (χ1n) is 8.49. The Morgan fingerprint density at radius 3 is 2.42 bits per heavy atom. The fraction of sp³-hybridized carbons (Fsp3) is 0.350. The minimum Gasteiger partial charge on any atom is -0.365 e. The van der Waals surface area contributed by atoms with Gasteiger partial charge in [-0.15, -0.1) is 0 Å². The number of para-hydroxylation sites is 1. The number of carbonyl (C=O) groups is 1. The van der Waals surface area contributed by atoms with E-state index >= 15 is 0 Å². The second kappa shape index (κ2) is 6.95. The van der Waals surface area contributed by atoms with Crippen LogP contribution in [0.2, 0.25) is 0 Å². The Bertz CT molecular complexity index is 711. The first-order valence-corrected chi connectivity index (χ1v) is 8.49. The van der Waals surface area contributed by atoms with Crippen LogP contribution in [0.25, 0.3) is 0 Å². The summed E-state index contributed by atoms with van der Waals surface area (Å²) in [4.78, 5) is 16.8. The summed E-state index contributed by atoms with van der Waals surface area (Å²) in [6.07, 6.45) is 0. The Kier molecular flexibility index (Phi) is 4.74. The van der Waals surface area contributed by atoms with Crippen molar-refractivity contribution in [3.8, 4) is 0 Å². The molecule has 1 heterocycles. The summed E-state index contributed by atoms with van der Waals surface area (Å²) in [5.74, 6) is 0. The van der Waals surface area contributed by atoms with Crippen molar-refractivity contribution in [3.05, 3.63) is 59.7 Å². The van der Waals surface area contributed by atoms with Crippen molar-refractivity contribution < 1.29 is 4.79 Å². The summed E-state index contributed by atoms with van der Waals surface area (Å²) >= 11 is 0. The number of piperazine rings is 1. The van der Waals surface area contributed by atoms with E-state index in [1.54, 1.807) is 0 Å². The molecule has 0 spiro atoms. The number of amides is 2. The topological polar surface area (TPSA) is 35.6 Å². The summed E-state index contributed by atoms with van der Waals surface area (Å²) in [5.41, 5.74) is 4.46. The van der Waals surface area contributed by atoms with E-state index in [1.807, 2.05) is 36.1 Å². The lowest BCUT2D eigenvalue weighted by Gasteiger charge is -2.41. The van der Waals surface area contributed by atoms with E-state index in [0.29, 0.717) is 6.04 Å². The first kappa shape index (κ1) is 16.4. The number of benzene rings is 2. The second-order valence-electron chi connectivity index (χ2n) is 6.57. The molecule has 1 saturated heterocycles. The maximum absolute atomic E-state index is 12.5. The van der Waals surface area contributed by atoms with E-state index in [0.717, 1.165) is 30.9 Å². The highest BCUT2D eigenvalue weighted by Crippen LogP contribution is 2.22. The van der Waals surface area contributed by atoms with Crippen LogP contribution in [-0.2, 0) is 0 Å². The zero-order valence-electron chi connectivity index (χ0n) is 14.6.